The summed E-state index contributed by atoms with van der Waals surface area (Å²) in [4.78, 5) is 0. The third-order valence-corrected chi connectivity index (χ3v) is 1.18. The van der Waals surface area contributed by atoms with Crippen molar-refractivity contribution in [3.63, 3.8) is 0 Å². The van der Waals surface area contributed by atoms with E-state index in [0.717, 1.165) is 6.21 Å². The molecule has 0 saturated carbocycles. The third kappa shape index (κ3) is 2.06. The summed E-state index contributed by atoms with van der Waals surface area (Å²) in [6, 6.07) is 7.77. The van der Waals surface area contributed by atoms with E-state index in [1.165, 1.54) is 12.1 Å². The van der Waals surface area contributed by atoms with Crippen molar-refractivity contribution in [1.29, 1.82) is 5.26 Å². The third-order valence-electron chi connectivity index (χ3n) is 1.18. The van der Waals surface area contributed by atoms with Gasteiger partial charge in [-0.3, -0.25) is 5.43 Å². The number of halogens is 1. The maximum Gasteiger partial charge on any atom is 0.148 e. The van der Waals surface area contributed by atoms with Crippen molar-refractivity contribution in [3.05, 3.63) is 30.1 Å². The molecule has 1 rings (SSSR count). The van der Waals surface area contributed by atoms with Crippen LogP contribution in [0.4, 0.5) is 10.1 Å². The highest BCUT2D eigenvalue weighted by Crippen LogP contribution is 2.11. The van der Waals surface area contributed by atoms with Gasteiger partial charge in [-0.2, -0.15) is 10.4 Å². The normalized spacial score (nSPS) is 9.67. The smallest absolute Gasteiger partial charge is 0.148 e. The van der Waals surface area contributed by atoms with E-state index in [1.54, 1.807) is 18.2 Å². The van der Waals surface area contributed by atoms with Gasteiger partial charge in [0.1, 0.15) is 18.1 Å². The molecule has 0 radical (unpaired) electrons. The summed E-state index contributed by atoms with van der Waals surface area (Å²) in [7, 11) is 0. The molecule has 3 nitrogen and oxygen atoms in total. The van der Waals surface area contributed by atoms with Crippen molar-refractivity contribution >= 4 is 11.9 Å². The Kier molecular flexibility index (Phi) is 2.79. The average Bonchev–Trinajstić information content (AvgIpc) is 2.09. The summed E-state index contributed by atoms with van der Waals surface area (Å²) < 4.78 is 12.8. The Morgan fingerprint density at radius 2 is 2.25 bits per heavy atom. The van der Waals surface area contributed by atoms with Gasteiger partial charge in [-0.05, 0) is 12.1 Å². The molecule has 0 aliphatic heterocycles. The zero-order valence-electron chi connectivity index (χ0n) is 6.16. The predicted molar refractivity (Wildman–Crippen MR) is 44.1 cm³/mol. The first-order valence-electron chi connectivity index (χ1n) is 3.26. The van der Waals surface area contributed by atoms with E-state index in [4.69, 9.17) is 5.26 Å². The Bertz CT molecular complexity index is 327. The van der Waals surface area contributed by atoms with Crippen LogP contribution in [0, 0.1) is 17.1 Å². The molecule has 1 aromatic rings. The minimum absolute atomic E-state index is 0.254. The lowest BCUT2D eigenvalue weighted by Crippen LogP contribution is -1.91. The maximum atomic E-state index is 12.8. The van der Waals surface area contributed by atoms with Gasteiger partial charge in [0.15, 0.2) is 0 Å². The van der Waals surface area contributed by atoms with Crippen LogP contribution in [0.2, 0.25) is 0 Å². The van der Waals surface area contributed by atoms with Crippen molar-refractivity contribution in [1.82, 2.24) is 0 Å². The first kappa shape index (κ1) is 8.21. The fourth-order valence-electron chi connectivity index (χ4n) is 0.683. The Morgan fingerprint density at radius 3 is 2.92 bits per heavy atom. The molecule has 1 N–H and O–H groups in total. The van der Waals surface area contributed by atoms with Gasteiger partial charge in [0, 0.05) is 0 Å². The van der Waals surface area contributed by atoms with Gasteiger partial charge in [-0.25, -0.2) is 4.39 Å². The summed E-state index contributed by atoms with van der Waals surface area (Å²) in [6.07, 6.45) is 0.992. The van der Waals surface area contributed by atoms with Crippen molar-refractivity contribution in [2.75, 3.05) is 5.43 Å². The first-order chi connectivity index (χ1) is 5.84. The Morgan fingerprint density at radius 1 is 1.50 bits per heavy atom. The van der Waals surface area contributed by atoms with Gasteiger partial charge in [-0.1, -0.05) is 12.1 Å². The molecule has 0 saturated heterocycles. The minimum Gasteiger partial charge on any atom is -0.275 e. The number of nitriles is 1. The van der Waals surface area contributed by atoms with Gasteiger partial charge in [0.05, 0.1) is 5.69 Å². The van der Waals surface area contributed by atoms with Crippen LogP contribution in [0.3, 0.4) is 0 Å². The van der Waals surface area contributed by atoms with E-state index in [9.17, 15) is 4.39 Å². The van der Waals surface area contributed by atoms with Crippen LogP contribution in [-0.2, 0) is 0 Å². The fourth-order valence-corrected chi connectivity index (χ4v) is 0.683. The second-order valence-electron chi connectivity index (χ2n) is 1.98. The summed E-state index contributed by atoms with van der Waals surface area (Å²) in [5.41, 5.74) is 2.64. The van der Waals surface area contributed by atoms with Gasteiger partial charge >= 0.3 is 0 Å². The van der Waals surface area contributed by atoms with Crippen LogP contribution in [0.25, 0.3) is 0 Å². The highest BCUT2D eigenvalue weighted by molar-refractivity contribution is 5.75. The number of benzene rings is 1. The Balaban J connectivity index is 2.71. The molecule has 0 heterocycles. The molecular formula is C8H6FN3. The van der Waals surface area contributed by atoms with Gasteiger partial charge in [-0.15, -0.1) is 0 Å². The second-order valence-corrected chi connectivity index (χ2v) is 1.98. The van der Waals surface area contributed by atoms with Crippen LogP contribution in [0.1, 0.15) is 0 Å². The largest absolute Gasteiger partial charge is 0.275 e. The molecule has 0 bridgehead atoms. The molecule has 4 heteroatoms. The number of hydrogen-bond acceptors (Lipinski definition) is 3. The minimum atomic E-state index is -0.396. The van der Waals surface area contributed by atoms with E-state index in [2.05, 4.69) is 10.5 Å². The number of para-hydroxylation sites is 1. The van der Waals surface area contributed by atoms with Crippen LogP contribution < -0.4 is 5.43 Å². The van der Waals surface area contributed by atoms with Gasteiger partial charge in [0.2, 0.25) is 0 Å². The standard InChI is InChI=1S/C8H6FN3/c9-7-3-1-2-4-8(7)12-11-6-5-10/h1-4,6,12H/b11-6+. The van der Waals surface area contributed by atoms with Gasteiger partial charge < -0.3 is 0 Å². The number of anilines is 1. The molecule has 12 heavy (non-hydrogen) atoms. The van der Waals surface area contributed by atoms with E-state index < -0.39 is 5.82 Å². The number of rotatable bonds is 2. The monoisotopic (exact) mass is 163 g/mol. The number of hydrogen-bond donors (Lipinski definition) is 1. The van der Waals surface area contributed by atoms with Crippen molar-refractivity contribution in [3.8, 4) is 6.07 Å². The predicted octanol–water partition coefficient (Wildman–Crippen LogP) is 1.75. The molecule has 0 aliphatic rings. The molecule has 0 aromatic heterocycles. The van der Waals surface area contributed by atoms with Gasteiger partial charge in [0.25, 0.3) is 0 Å². The van der Waals surface area contributed by atoms with Crippen LogP contribution in [0.15, 0.2) is 29.4 Å². The molecule has 0 spiro atoms. The average molecular weight is 163 g/mol. The summed E-state index contributed by atoms with van der Waals surface area (Å²) in [6.45, 7) is 0. The van der Waals surface area contributed by atoms with Crippen LogP contribution >= 0.6 is 0 Å². The number of nitrogens with zero attached hydrogens (tertiary/aromatic N) is 2. The molecule has 0 aliphatic carbocycles. The Labute approximate surface area is 69.1 Å². The quantitative estimate of drug-likeness (QED) is 0.533. The highest BCUT2D eigenvalue weighted by atomic mass is 19.1. The zero-order chi connectivity index (χ0) is 8.81. The molecular weight excluding hydrogens is 157 g/mol. The fraction of sp³-hybridized carbons (Fsp3) is 0. The zero-order valence-corrected chi connectivity index (χ0v) is 6.16. The van der Waals surface area contributed by atoms with Crippen molar-refractivity contribution < 1.29 is 4.39 Å². The molecule has 1 aromatic carbocycles. The summed E-state index contributed by atoms with van der Waals surface area (Å²) in [5.74, 6) is -0.396. The van der Waals surface area contributed by atoms with E-state index in [-0.39, 0.29) is 5.69 Å². The second kappa shape index (κ2) is 4.09. The van der Waals surface area contributed by atoms with E-state index in [1.807, 2.05) is 0 Å². The summed E-state index contributed by atoms with van der Waals surface area (Å²) >= 11 is 0. The maximum absolute atomic E-state index is 12.8. The van der Waals surface area contributed by atoms with Crippen molar-refractivity contribution in [2.24, 2.45) is 5.10 Å². The van der Waals surface area contributed by atoms with E-state index in [0.29, 0.717) is 0 Å². The van der Waals surface area contributed by atoms with Crippen LogP contribution in [-0.4, -0.2) is 6.21 Å². The lowest BCUT2D eigenvalue weighted by atomic mass is 10.3. The SMILES string of the molecule is N#C/C=N/Nc1ccccc1F. The topological polar surface area (TPSA) is 48.2 Å². The lowest BCUT2D eigenvalue weighted by Gasteiger charge is -1.98. The van der Waals surface area contributed by atoms with Crippen LogP contribution in [0.5, 0.6) is 0 Å². The lowest BCUT2D eigenvalue weighted by molar-refractivity contribution is 0.631. The first-order valence-corrected chi connectivity index (χ1v) is 3.26. The number of nitrogens with one attached hydrogen (secondary N) is 1. The number of hydrazone groups is 1. The molecule has 0 unspecified atom stereocenters. The molecule has 0 atom stereocenters. The molecule has 60 valence electrons. The van der Waals surface area contributed by atoms with Crippen molar-refractivity contribution in [2.45, 2.75) is 0 Å². The Hall–Kier alpha value is -1.89. The summed E-state index contributed by atoms with van der Waals surface area (Å²) in [5, 5.41) is 11.5. The molecule has 0 fully saturated rings. The van der Waals surface area contributed by atoms with E-state index >= 15 is 0 Å². The highest BCUT2D eigenvalue weighted by Gasteiger charge is 1.95. The molecule has 0 amide bonds.